The van der Waals surface area contributed by atoms with Crippen LogP contribution in [0.2, 0.25) is 13.1 Å². The lowest BCUT2D eigenvalue weighted by molar-refractivity contribution is 0.412. The highest BCUT2D eigenvalue weighted by Crippen LogP contribution is 1.95. The number of hydrogen-bond donors (Lipinski definition) is 0. The zero-order valence-electron chi connectivity index (χ0n) is 6.31. The van der Waals surface area contributed by atoms with Crippen LogP contribution < -0.4 is 0 Å². The molecule has 0 aliphatic rings. The average molecular weight is 130 g/mol. The molecule has 0 aliphatic carbocycles. The maximum atomic E-state index is 4.02. The minimum absolute atomic E-state index is 0.508. The van der Waals surface area contributed by atoms with E-state index in [4.69, 9.17) is 0 Å². The van der Waals surface area contributed by atoms with Gasteiger partial charge in [-0.3, -0.25) is 0 Å². The van der Waals surface area contributed by atoms with Crippen molar-refractivity contribution in [2.24, 2.45) is 0 Å². The topological polar surface area (TPSA) is 3.24 Å². The molecule has 1 nitrogen and oxygen atoms in total. The Bertz CT molecular complexity index is 53.5. The molecule has 2 heteroatoms. The van der Waals surface area contributed by atoms with Crippen molar-refractivity contribution in [3.63, 3.8) is 0 Å². The molecule has 1 unspecified atom stereocenters. The van der Waals surface area contributed by atoms with Crippen LogP contribution in [0.15, 0.2) is 0 Å². The Morgan fingerprint density at radius 3 is 1.75 bits per heavy atom. The van der Waals surface area contributed by atoms with Crippen LogP contribution in [0, 0.1) is 6.92 Å². The zero-order chi connectivity index (χ0) is 6.73. The molecule has 0 rings (SSSR count). The summed E-state index contributed by atoms with van der Waals surface area (Å²) in [6.07, 6.45) is 0. The lowest BCUT2D eigenvalue weighted by Gasteiger charge is -2.21. The van der Waals surface area contributed by atoms with Gasteiger partial charge in [0, 0.05) is 0 Å². The second kappa shape index (κ2) is 3.25. The number of hydrogen-bond acceptors (Lipinski definition) is 1. The van der Waals surface area contributed by atoms with Crippen molar-refractivity contribution in [2.45, 2.75) is 18.8 Å². The van der Waals surface area contributed by atoms with Gasteiger partial charge in [-0.05, 0) is 26.7 Å². The van der Waals surface area contributed by atoms with Crippen LogP contribution in [0.4, 0.5) is 0 Å². The van der Waals surface area contributed by atoms with E-state index in [0.29, 0.717) is 5.67 Å². The van der Waals surface area contributed by atoms with Gasteiger partial charge in [0.2, 0.25) is 0 Å². The van der Waals surface area contributed by atoms with Crippen molar-refractivity contribution in [3.8, 4) is 0 Å². The van der Waals surface area contributed by atoms with E-state index in [-0.39, 0.29) is 0 Å². The fraction of sp³-hybridized carbons (Fsp3) is 0.833. The van der Waals surface area contributed by atoms with Gasteiger partial charge in [0.1, 0.15) is 0 Å². The second-order valence-electron chi connectivity index (χ2n) is 2.77. The smallest absolute Gasteiger partial charge is 0.0508 e. The summed E-state index contributed by atoms with van der Waals surface area (Å²) in [7, 11) is 3.67. The lowest BCUT2D eigenvalue weighted by atomic mass is 10.7. The highest BCUT2D eigenvalue weighted by atomic mass is 28.3. The van der Waals surface area contributed by atoms with Gasteiger partial charge in [-0.2, -0.15) is 0 Å². The summed E-state index contributed by atoms with van der Waals surface area (Å²) in [5.74, 6) is 0. The molecule has 0 aromatic rings. The molecule has 8 heavy (non-hydrogen) atoms. The molecule has 0 fully saturated rings. The number of rotatable bonds is 2. The summed E-state index contributed by atoms with van der Waals surface area (Å²) in [6, 6.07) is 0. The molecule has 0 saturated carbocycles. The maximum absolute atomic E-state index is 4.02. The third-order valence-electron chi connectivity index (χ3n) is 1.43. The van der Waals surface area contributed by atoms with E-state index in [9.17, 15) is 0 Å². The molecule has 0 aromatic heterocycles. The van der Waals surface area contributed by atoms with Crippen LogP contribution in [0.5, 0.6) is 0 Å². The Hall–Kier alpha value is 0.177. The van der Waals surface area contributed by atoms with E-state index in [0.717, 1.165) is 0 Å². The summed E-state index contributed by atoms with van der Waals surface area (Å²) >= 11 is 0. The van der Waals surface area contributed by atoms with Crippen LogP contribution in [0.25, 0.3) is 0 Å². The molecular weight excluding hydrogens is 114 g/mol. The minimum Gasteiger partial charge on any atom is -0.310 e. The van der Waals surface area contributed by atoms with Gasteiger partial charge in [0.15, 0.2) is 0 Å². The van der Waals surface area contributed by atoms with Gasteiger partial charge in [0.25, 0.3) is 0 Å². The fourth-order valence-electron chi connectivity index (χ4n) is 0.596. The van der Waals surface area contributed by atoms with Gasteiger partial charge in [-0.1, -0.05) is 13.1 Å². The SMILES string of the molecule is [CH2]C(N(C)C)[SiH](C)C. The summed E-state index contributed by atoms with van der Waals surface area (Å²) in [5.41, 5.74) is 0.593. The van der Waals surface area contributed by atoms with E-state index in [1.807, 2.05) is 0 Å². The highest BCUT2D eigenvalue weighted by Gasteiger charge is 2.08. The van der Waals surface area contributed by atoms with Gasteiger partial charge in [-0.25, -0.2) is 0 Å². The highest BCUT2D eigenvalue weighted by molar-refractivity contribution is 6.57. The third-order valence-corrected chi connectivity index (χ3v) is 3.57. The third kappa shape index (κ3) is 2.48. The van der Waals surface area contributed by atoms with Crippen LogP contribution in [0.3, 0.4) is 0 Å². The number of nitrogens with zero attached hydrogens (tertiary/aromatic N) is 1. The first-order valence-corrected chi connectivity index (χ1v) is 6.02. The molecule has 0 N–H and O–H groups in total. The molecule has 0 heterocycles. The summed E-state index contributed by atoms with van der Waals surface area (Å²) in [4.78, 5) is 2.19. The first kappa shape index (κ1) is 8.18. The molecule has 0 bridgehead atoms. The predicted octanol–water partition coefficient (Wildman–Crippen LogP) is 0.777. The summed E-state index contributed by atoms with van der Waals surface area (Å²) in [5, 5.41) is 0. The van der Waals surface area contributed by atoms with Gasteiger partial charge in [-0.15, -0.1) is 0 Å². The predicted molar refractivity (Wildman–Crippen MR) is 41.7 cm³/mol. The summed E-state index contributed by atoms with van der Waals surface area (Å²) in [6.45, 7) is 8.66. The van der Waals surface area contributed by atoms with Crippen molar-refractivity contribution in [2.75, 3.05) is 14.1 Å². The minimum atomic E-state index is -0.508. The van der Waals surface area contributed by atoms with E-state index < -0.39 is 8.80 Å². The molecule has 49 valence electrons. The molecule has 0 spiro atoms. The molecule has 0 amide bonds. The van der Waals surface area contributed by atoms with E-state index in [1.165, 1.54) is 0 Å². The standard InChI is InChI=1S/C6H16NSi/c1-6(7(2)3)8(4)5/h6,8H,1H2,2-5H3. The maximum Gasteiger partial charge on any atom is 0.0508 e. The monoisotopic (exact) mass is 130 g/mol. The Balaban J connectivity index is 3.46. The molecule has 1 atom stereocenters. The van der Waals surface area contributed by atoms with Gasteiger partial charge >= 0.3 is 0 Å². The molecule has 1 radical (unpaired) electrons. The van der Waals surface area contributed by atoms with Crippen LogP contribution in [-0.4, -0.2) is 33.5 Å². The fourth-order valence-corrected chi connectivity index (χ4v) is 1.79. The largest absolute Gasteiger partial charge is 0.310 e. The molecule has 0 aliphatic heterocycles. The quantitative estimate of drug-likeness (QED) is 0.499. The van der Waals surface area contributed by atoms with Crippen molar-refractivity contribution in [1.82, 2.24) is 4.90 Å². The van der Waals surface area contributed by atoms with Crippen molar-refractivity contribution >= 4 is 8.80 Å². The van der Waals surface area contributed by atoms with Gasteiger partial charge in [0.05, 0.1) is 8.80 Å². The molecular formula is C6H16NSi. The van der Waals surface area contributed by atoms with Crippen LogP contribution >= 0.6 is 0 Å². The Kier molecular flexibility index (Phi) is 3.32. The van der Waals surface area contributed by atoms with Crippen molar-refractivity contribution in [3.05, 3.63) is 6.92 Å². The Morgan fingerprint density at radius 1 is 1.38 bits per heavy atom. The average Bonchev–Trinajstić information content (AvgIpc) is 1.64. The van der Waals surface area contributed by atoms with E-state index >= 15 is 0 Å². The van der Waals surface area contributed by atoms with Crippen LogP contribution in [0.1, 0.15) is 0 Å². The van der Waals surface area contributed by atoms with Gasteiger partial charge < -0.3 is 4.90 Å². The zero-order valence-corrected chi connectivity index (χ0v) is 7.46. The molecule has 0 saturated heterocycles. The summed E-state index contributed by atoms with van der Waals surface area (Å²) < 4.78 is 0. The lowest BCUT2D eigenvalue weighted by Crippen LogP contribution is -2.35. The Morgan fingerprint density at radius 2 is 1.75 bits per heavy atom. The van der Waals surface area contributed by atoms with Crippen LogP contribution in [-0.2, 0) is 0 Å². The first-order valence-electron chi connectivity index (χ1n) is 3.05. The normalized spacial score (nSPS) is 15.4. The Labute approximate surface area is 54.3 Å². The first-order chi connectivity index (χ1) is 3.55. The van der Waals surface area contributed by atoms with E-state index in [1.54, 1.807) is 0 Å². The van der Waals surface area contributed by atoms with E-state index in [2.05, 4.69) is 39.0 Å². The molecule has 0 aromatic carbocycles. The second-order valence-corrected chi connectivity index (χ2v) is 6.03. The van der Waals surface area contributed by atoms with Crippen molar-refractivity contribution < 1.29 is 0 Å². The van der Waals surface area contributed by atoms with Crippen molar-refractivity contribution in [1.29, 1.82) is 0 Å².